The van der Waals surface area contributed by atoms with Crippen molar-refractivity contribution >= 4 is 28.9 Å². The minimum Gasteiger partial charge on any atom is -0.397 e. The predicted octanol–water partition coefficient (Wildman–Crippen LogP) is 11.2. The van der Waals surface area contributed by atoms with E-state index >= 15 is 0 Å². The van der Waals surface area contributed by atoms with Gasteiger partial charge in [0, 0.05) is 37.1 Å². The Kier molecular flexibility index (Phi) is 21.8. The quantitative estimate of drug-likeness (QED) is 0.0426. The molecule has 1 saturated heterocycles. The molecular formula is C48H72N4O5. The minimum atomic E-state index is -0.534. The lowest BCUT2D eigenvalue weighted by molar-refractivity contribution is -0.253. The summed E-state index contributed by atoms with van der Waals surface area (Å²) < 4.78 is 13.4. The number of aliphatic hydroxyl groups excluding tert-OH is 1. The van der Waals surface area contributed by atoms with Gasteiger partial charge in [0.2, 0.25) is 11.8 Å². The number of anilines is 3. The van der Waals surface area contributed by atoms with Gasteiger partial charge in [-0.3, -0.25) is 9.59 Å². The molecule has 3 atom stereocenters. The van der Waals surface area contributed by atoms with Crippen LogP contribution < -0.4 is 16.4 Å². The Bertz CT molecular complexity index is 1530. The molecule has 5 N–H and O–H groups in total. The SMILES string of the molecule is CCCCCCCCN(CCCCCCCC)C[C@H]1C[C@@H](c2ccc(CO)cc2)O[C@@H](c2ccc(NC(=O)CCCCCCC(=O)Nc3ccccc3N)cc2)O1. The third-order valence-corrected chi connectivity index (χ3v) is 11.0. The van der Waals surface area contributed by atoms with Crippen molar-refractivity contribution in [2.24, 2.45) is 0 Å². The van der Waals surface area contributed by atoms with Crippen molar-refractivity contribution in [2.75, 3.05) is 36.0 Å². The number of aliphatic hydroxyl groups is 1. The molecule has 0 saturated carbocycles. The summed E-state index contributed by atoms with van der Waals surface area (Å²) in [5.41, 5.74) is 10.8. The van der Waals surface area contributed by atoms with E-state index < -0.39 is 6.29 Å². The number of benzene rings is 3. The average molecular weight is 785 g/mol. The summed E-state index contributed by atoms with van der Waals surface area (Å²) >= 11 is 0. The number of unbranched alkanes of at least 4 members (excludes halogenated alkanes) is 13. The Morgan fingerprint density at radius 1 is 0.667 bits per heavy atom. The molecule has 1 aliphatic heterocycles. The molecule has 1 aliphatic rings. The van der Waals surface area contributed by atoms with Crippen molar-refractivity contribution in [3.8, 4) is 0 Å². The van der Waals surface area contributed by atoms with E-state index in [1.54, 1.807) is 12.1 Å². The normalized spacial score (nSPS) is 16.8. The van der Waals surface area contributed by atoms with Gasteiger partial charge in [0.05, 0.1) is 30.2 Å². The largest absolute Gasteiger partial charge is 0.397 e. The number of nitrogens with zero attached hydrogens (tertiary/aromatic N) is 1. The minimum absolute atomic E-state index is 0.00266. The van der Waals surface area contributed by atoms with Gasteiger partial charge in [-0.1, -0.05) is 139 Å². The molecule has 4 rings (SSSR count). The second kappa shape index (κ2) is 27.0. The topological polar surface area (TPSA) is 126 Å². The smallest absolute Gasteiger partial charge is 0.224 e. The van der Waals surface area contributed by atoms with Crippen LogP contribution in [0.1, 0.15) is 165 Å². The van der Waals surface area contributed by atoms with Crippen LogP contribution in [0.3, 0.4) is 0 Å². The zero-order valence-corrected chi connectivity index (χ0v) is 35.0. The fourth-order valence-electron chi connectivity index (χ4n) is 7.54. The van der Waals surface area contributed by atoms with E-state index in [1.165, 1.54) is 77.0 Å². The number of rotatable bonds is 28. The van der Waals surface area contributed by atoms with Crippen LogP contribution in [-0.2, 0) is 25.7 Å². The van der Waals surface area contributed by atoms with E-state index in [-0.39, 0.29) is 30.6 Å². The molecule has 1 fully saturated rings. The van der Waals surface area contributed by atoms with Gasteiger partial charge >= 0.3 is 0 Å². The number of ether oxygens (including phenoxy) is 2. The molecule has 0 spiro atoms. The molecule has 1 heterocycles. The Hall–Kier alpha value is -3.76. The van der Waals surface area contributed by atoms with Crippen LogP contribution in [0.5, 0.6) is 0 Å². The number of amides is 2. The monoisotopic (exact) mass is 785 g/mol. The Morgan fingerprint density at radius 2 is 1.21 bits per heavy atom. The molecule has 314 valence electrons. The fourth-order valence-corrected chi connectivity index (χ4v) is 7.54. The first-order valence-electron chi connectivity index (χ1n) is 22.2. The summed E-state index contributed by atoms with van der Waals surface area (Å²) in [5.74, 6) is -0.0673. The van der Waals surface area contributed by atoms with Crippen molar-refractivity contribution in [2.45, 2.75) is 161 Å². The van der Waals surface area contributed by atoms with Crippen LogP contribution >= 0.6 is 0 Å². The first-order chi connectivity index (χ1) is 27.9. The molecule has 0 unspecified atom stereocenters. The van der Waals surface area contributed by atoms with Crippen LogP contribution in [0.4, 0.5) is 17.1 Å². The summed E-state index contributed by atoms with van der Waals surface area (Å²) in [4.78, 5) is 27.7. The van der Waals surface area contributed by atoms with Gasteiger partial charge in [-0.2, -0.15) is 0 Å². The number of carbonyl (C=O) groups excluding carboxylic acids is 2. The van der Waals surface area contributed by atoms with E-state index in [2.05, 4.69) is 41.5 Å². The molecule has 9 heteroatoms. The first kappa shape index (κ1) is 45.9. The molecular weight excluding hydrogens is 713 g/mol. The van der Waals surface area contributed by atoms with E-state index in [4.69, 9.17) is 15.2 Å². The zero-order chi connectivity index (χ0) is 40.5. The van der Waals surface area contributed by atoms with E-state index in [1.807, 2.05) is 48.5 Å². The molecule has 2 amide bonds. The number of nitrogens with two attached hydrogens (primary N) is 1. The predicted molar refractivity (Wildman–Crippen MR) is 234 cm³/mol. The van der Waals surface area contributed by atoms with Crippen LogP contribution in [0.25, 0.3) is 0 Å². The van der Waals surface area contributed by atoms with Gasteiger partial charge in [-0.25, -0.2) is 0 Å². The molecule has 0 bridgehead atoms. The Morgan fingerprint density at radius 3 is 1.81 bits per heavy atom. The summed E-state index contributed by atoms with van der Waals surface area (Å²) in [7, 11) is 0. The molecule has 3 aromatic rings. The van der Waals surface area contributed by atoms with E-state index in [0.29, 0.717) is 24.2 Å². The number of hydrogen-bond donors (Lipinski definition) is 4. The van der Waals surface area contributed by atoms with Gasteiger partial charge in [0.1, 0.15) is 0 Å². The summed E-state index contributed by atoms with van der Waals surface area (Å²) in [5, 5.41) is 15.6. The third kappa shape index (κ3) is 17.7. The highest BCUT2D eigenvalue weighted by atomic mass is 16.7. The molecule has 9 nitrogen and oxygen atoms in total. The van der Waals surface area contributed by atoms with Crippen molar-refractivity contribution in [3.05, 3.63) is 89.5 Å². The fraction of sp³-hybridized carbons (Fsp3) is 0.583. The highest BCUT2D eigenvalue weighted by Gasteiger charge is 2.33. The maximum atomic E-state index is 12.8. The lowest BCUT2D eigenvalue weighted by atomic mass is 9.99. The average Bonchev–Trinajstić information content (AvgIpc) is 3.22. The van der Waals surface area contributed by atoms with Crippen LogP contribution in [-0.4, -0.2) is 47.6 Å². The van der Waals surface area contributed by atoms with Gasteiger partial charge < -0.3 is 35.8 Å². The number of carbonyl (C=O) groups is 2. The van der Waals surface area contributed by atoms with Gasteiger partial charge in [-0.05, 0) is 74.2 Å². The first-order valence-corrected chi connectivity index (χ1v) is 22.2. The standard InChI is InChI=1S/C48H72N4O5/c1-3-5-7-9-13-19-33-52(34-20-14-10-8-6-4-2)36-42-35-45(39-27-25-38(37-53)26-28-39)57-48(56-42)40-29-31-41(32-30-40)50-46(54)23-15-11-12-16-24-47(55)51-44-22-18-17-21-43(44)49/h17-18,21-22,25-32,42,45,48,53H,3-16,19-20,23-24,33-37,49H2,1-2H3,(H,50,54)(H,51,55)/t42-,45+,48+/m1/s1. The highest BCUT2D eigenvalue weighted by Crippen LogP contribution is 2.38. The maximum absolute atomic E-state index is 12.8. The van der Waals surface area contributed by atoms with Crippen LogP contribution in [0, 0.1) is 0 Å². The second-order valence-corrected chi connectivity index (χ2v) is 15.9. The number of hydrogen-bond acceptors (Lipinski definition) is 7. The summed E-state index contributed by atoms with van der Waals surface area (Å²) in [6.07, 6.45) is 19.7. The van der Waals surface area contributed by atoms with Crippen LogP contribution in [0.15, 0.2) is 72.8 Å². The second-order valence-electron chi connectivity index (χ2n) is 15.9. The van der Waals surface area contributed by atoms with Gasteiger partial charge in [0.25, 0.3) is 0 Å². The third-order valence-electron chi connectivity index (χ3n) is 11.0. The number of para-hydroxylation sites is 2. The zero-order valence-electron chi connectivity index (χ0n) is 35.0. The van der Waals surface area contributed by atoms with Crippen molar-refractivity contribution in [1.29, 1.82) is 0 Å². The Labute approximate surface area is 343 Å². The maximum Gasteiger partial charge on any atom is 0.224 e. The van der Waals surface area contributed by atoms with Gasteiger partial charge in [0.15, 0.2) is 6.29 Å². The van der Waals surface area contributed by atoms with Crippen LogP contribution in [0.2, 0.25) is 0 Å². The number of nitrogen functional groups attached to an aromatic ring is 1. The van der Waals surface area contributed by atoms with E-state index in [9.17, 15) is 14.7 Å². The molecule has 57 heavy (non-hydrogen) atoms. The molecule has 0 aliphatic carbocycles. The molecule has 3 aromatic carbocycles. The van der Waals surface area contributed by atoms with Gasteiger partial charge in [-0.15, -0.1) is 0 Å². The molecule has 0 aromatic heterocycles. The van der Waals surface area contributed by atoms with E-state index in [0.717, 1.165) is 74.1 Å². The van der Waals surface area contributed by atoms with Crippen molar-refractivity contribution in [3.63, 3.8) is 0 Å². The highest BCUT2D eigenvalue weighted by molar-refractivity contribution is 5.93. The summed E-state index contributed by atoms with van der Waals surface area (Å²) in [6.45, 7) is 7.62. The lowest BCUT2D eigenvalue weighted by Crippen LogP contribution is -2.40. The van der Waals surface area contributed by atoms with Crippen molar-refractivity contribution < 1.29 is 24.2 Å². The Balaban J connectivity index is 1.29. The molecule has 0 radical (unpaired) electrons. The van der Waals surface area contributed by atoms with Crippen molar-refractivity contribution in [1.82, 2.24) is 4.90 Å². The lowest BCUT2D eigenvalue weighted by Gasteiger charge is -2.38. The summed E-state index contributed by atoms with van der Waals surface area (Å²) in [6, 6.07) is 23.2. The number of nitrogens with one attached hydrogen (secondary N) is 2.